The number of nitrogens with zero attached hydrogens (tertiary/aromatic N) is 1. The van der Waals surface area contributed by atoms with Crippen molar-refractivity contribution in [3.05, 3.63) is 117 Å². The lowest BCUT2D eigenvalue weighted by Crippen LogP contribution is -2.52. The van der Waals surface area contributed by atoms with Gasteiger partial charge in [0.05, 0.1) is 0 Å². The van der Waals surface area contributed by atoms with Gasteiger partial charge in [-0.25, -0.2) is 4.48 Å². The number of hydrogen-bond donors (Lipinski definition) is 3. The molecule has 0 radical (unpaired) electrons. The van der Waals surface area contributed by atoms with Crippen LogP contribution in [0.5, 0.6) is 23.0 Å². The lowest BCUT2D eigenvalue weighted by Gasteiger charge is -2.34. The highest BCUT2D eigenvalue weighted by molar-refractivity contribution is 5.52. The second-order valence-electron chi connectivity index (χ2n) is 12.1. The van der Waals surface area contributed by atoms with E-state index in [-0.39, 0.29) is 23.0 Å². The zero-order valence-corrected chi connectivity index (χ0v) is 28.6. The van der Waals surface area contributed by atoms with E-state index in [1.807, 2.05) is 63.2 Å². The molecule has 9 heteroatoms. The van der Waals surface area contributed by atoms with Crippen LogP contribution in [0.25, 0.3) is 0 Å². The van der Waals surface area contributed by atoms with Gasteiger partial charge in [0.25, 0.3) is 0 Å². The molecule has 254 valence electrons. The number of hydrogen-bond acceptors (Lipinski definition) is 8. The van der Waals surface area contributed by atoms with Crippen molar-refractivity contribution in [3.63, 3.8) is 0 Å². The van der Waals surface area contributed by atoms with Gasteiger partial charge in [-0.15, -0.1) is 5.75 Å². The van der Waals surface area contributed by atoms with E-state index in [9.17, 15) is 20.4 Å². The molecular weight excluding hydrogens is 598 g/mol. The lowest BCUT2D eigenvalue weighted by molar-refractivity contribution is -0.991. The molecule has 0 aromatic heterocycles. The quantitative estimate of drug-likeness (QED) is 0.116. The molecule has 9 nitrogen and oxygen atoms in total. The highest BCUT2D eigenvalue weighted by Gasteiger charge is 2.27. The Hall–Kier alpha value is -4.12. The second kappa shape index (κ2) is 17.7. The molecule has 0 spiro atoms. The third-order valence-electron chi connectivity index (χ3n) is 7.81. The Morgan fingerprint density at radius 1 is 0.511 bits per heavy atom. The molecule has 4 aromatic carbocycles. The monoisotopic (exact) mass is 647 g/mol. The number of rotatable bonds is 14. The van der Waals surface area contributed by atoms with Gasteiger partial charge in [-0.2, -0.15) is 0 Å². The minimum atomic E-state index is -0.0813. The predicted molar refractivity (Wildman–Crippen MR) is 181 cm³/mol. The summed E-state index contributed by atoms with van der Waals surface area (Å²) in [6.45, 7) is 7.91. The van der Waals surface area contributed by atoms with Crippen molar-refractivity contribution in [2.45, 2.75) is 40.0 Å². The summed E-state index contributed by atoms with van der Waals surface area (Å²) in [4.78, 5) is 0. The molecular formula is C38H49NO8. The third-order valence-corrected chi connectivity index (χ3v) is 7.81. The summed E-state index contributed by atoms with van der Waals surface area (Å²) in [5.41, 5.74) is 7.08. The molecule has 4 rings (SSSR count). The molecule has 0 unspecified atom stereocenters. The number of aromatic hydroxyl groups is 3. The molecule has 0 atom stereocenters. The van der Waals surface area contributed by atoms with E-state index in [2.05, 4.69) is 0 Å². The minimum absolute atomic E-state index is 0.0813. The molecule has 0 heterocycles. The highest BCUT2D eigenvalue weighted by atomic mass is 16.6. The first-order chi connectivity index (χ1) is 22.4. The van der Waals surface area contributed by atoms with Crippen molar-refractivity contribution in [3.8, 4) is 23.0 Å². The number of para-hydroxylation sites is 1. The summed E-state index contributed by atoms with van der Waals surface area (Å²) in [6.07, 6.45) is 1.04. The zero-order chi connectivity index (χ0) is 34.6. The lowest BCUT2D eigenvalue weighted by atomic mass is 9.93. The van der Waals surface area contributed by atoms with E-state index < -0.39 is 0 Å². The Balaban J connectivity index is 0.000000392. The largest absolute Gasteiger partial charge is 0.872 e. The number of phenolic OH excluding ortho intramolecular Hbond substituents is 3. The van der Waals surface area contributed by atoms with E-state index in [0.717, 1.165) is 22.3 Å². The Morgan fingerprint density at radius 2 is 0.872 bits per heavy atom. The number of phenols is 3. The number of methoxy groups -OCH3 is 4. The average Bonchev–Trinajstić information content (AvgIpc) is 3.02. The first-order valence-corrected chi connectivity index (χ1v) is 15.4. The van der Waals surface area contributed by atoms with Crippen LogP contribution < -0.4 is 5.11 Å². The van der Waals surface area contributed by atoms with E-state index >= 15 is 0 Å². The molecule has 4 aromatic rings. The van der Waals surface area contributed by atoms with Crippen LogP contribution in [-0.4, -0.2) is 75.2 Å². The maximum absolute atomic E-state index is 13.2. The van der Waals surface area contributed by atoms with Gasteiger partial charge in [0.1, 0.15) is 17.2 Å². The van der Waals surface area contributed by atoms with Crippen molar-refractivity contribution in [2.75, 3.05) is 55.4 Å². The maximum Gasteiger partial charge on any atom is 0.188 e. The van der Waals surface area contributed by atoms with Crippen molar-refractivity contribution >= 4 is 0 Å². The molecule has 0 fully saturated rings. The van der Waals surface area contributed by atoms with Crippen LogP contribution >= 0.6 is 0 Å². The summed E-state index contributed by atoms with van der Waals surface area (Å²) in [7, 11) is 6.59. The van der Waals surface area contributed by atoms with Gasteiger partial charge in [-0.05, 0) is 55.2 Å². The van der Waals surface area contributed by atoms with Crippen molar-refractivity contribution in [2.24, 2.45) is 0 Å². The Bertz CT molecular complexity index is 1570. The van der Waals surface area contributed by atoms with Crippen LogP contribution in [0.1, 0.15) is 50.1 Å². The zero-order valence-electron chi connectivity index (χ0n) is 28.6. The second-order valence-corrected chi connectivity index (χ2v) is 12.1. The summed E-state index contributed by atoms with van der Waals surface area (Å²) >= 11 is 0. The molecule has 0 aliphatic rings. The van der Waals surface area contributed by atoms with Crippen LogP contribution in [0, 0.1) is 20.8 Å². The molecule has 0 aliphatic heterocycles. The summed E-state index contributed by atoms with van der Waals surface area (Å²) in [6, 6.07) is 20.0. The first-order valence-electron chi connectivity index (χ1n) is 15.4. The standard InChI is InChI=1S/C30H30O4.C8H20NO4/c1-18-7-9-27(31)23(11-18)15-21-5-4-6-22(29(21)33)16-25-13-20(3)14-26(30(25)34)17-24-12-19(2)8-10-28(24)32;1-10-5-9(6-11-2,7-12-3)8-13-4/h4-14,31-34H,15-17H2,1-3H3;5-8H2,1-4H3/q;+1/p-1. The predicted octanol–water partition coefficient (Wildman–Crippen LogP) is 5.79. The Morgan fingerprint density at radius 3 is 1.28 bits per heavy atom. The minimum Gasteiger partial charge on any atom is -0.872 e. The maximum atomic E-state index is 13.2. The van der Waals surface area contributed by atoms with Crippen molar-refractivity contribution < 1.29 is 43.9 Å². The topological polar surface area (TPSA) is 121 Å². The summed E-state index contributed by atoms with van der Waals surface area (Å²) in [5, 5.41) is 44.7. The SMILES string of the molecule is COC[N+](COC)(COC)COC.Cc1ccc(O)c(Cc2cccc(Cc3cc(C)cc(Cc4cc(C)ccc4O)c3O)c2[O-])c1. The van der Waals surface area contributed by atoms with Crippen molar-refractivity contribution in [1.29, 1.82) is 0 Å². The number of ether oxygens (including phenoxy) is 4. The van der Waals surface area contributed by atoms with E-state index in [4.69, 9.17) is 18.9 Å². The van der Waals surface area contributed by atoms with Gasteiger partial charge in [0.2, 0.25) is 0 Å². The highest BCUT2D eigenvalue weighted by Crippen LogP contribution is 2.34. The molecule has 0 bridgehead atoms. The van der Waals surface area contributed by atoms with Gasteiger partial charge in [-0.3, -0.25) is 0 Å². The van der Waals surface area contributed by atoms with E-state index in [1.165, 1.54) is 0 Å². The van der Waals surface area contributed by atoms with Crippen LogP contribution in [-0.2, 0) is 38.2 Å². The van der Waals surface area contributed by atoms with Crippen LogP contribution in [0.4, 0.5) is 0 Å². The fourth-order valence-corrected chi connectivity index (χ4v) is 5.77. The van der Waals surface area contributed by atoms with Crippen molar-refractivity contribution in [1.82, 2.24) is 0 Å². The fourth-order valence-electron chi connectivity index (χ4n) is 5.77. The number of benzene rings is 4. The third kappa shape index (κ3) is 10.4. The van der Waals surface area contributed by atoms with Gasteiger partial charge >= 0.3 is 0 Å². The molecule has 0 saturated heterocycles. The van der Waals surface area contributed by atoms with Crippen LogP contribution in [0.3, 0.4) is 0 Å². The van der Waals surface area contributed by atoms with E-state index in [1.54, 1.807) is 52.7 Å². The Kier molecular flexibility index (Phi) is 14.1. The molecule has 0 saturated carbocycles. The van der Waals surface area contributed by atoms with Crippen LogP contribution in [0.2, 0.25) is 0 Å². The Labute approximate surface area is 278 Å². The van der Waals surface area contributed by atoms with Crippen LogP contribution in [0.15, 0.2) is 66.7 Å². The summed E-state index contributed by atoms with van der Waals surface area (Å²) < 4.78 is 20.9. The van der Waals surface area contributed by atoms with Gasteiger partial charge < -0.3 is 39.4 Å². The van der Waals surface area contributed by atoms with Gasteiger partial charge in [0.15, 0.2) is 26.9 Å². The molecule has 0 amide bonds. The molecule has 0 aliphatic carbocycles. The number of quaternary nitrogens is 1. The average molecular weight is 648 g/mol. The molecule has 47 heavy (non-hydrogen) atoms. The normalized spacial score (nSPS) is 11.3. The van der Waals surface area contributed by atoms with Gasteiger partial charge in [-0.1, -0.05) is 82.4 Å². The summed E-state index contributed by atoms with van der Waals surface area (Å²) in [5.74, 6) is 0.438. The smallest absolute Gasteiger partial charge is 0.188 e. The molecule has 3 N–H and O–H groups in total. The fraction of sp³-hybridized carbons (Fsp3) is 0.368. The van der Waals surface area contributed by atoms with Gasteiger partial charge in [0, 0.05) is 47.7 Å². The number of aryl methyl sites for hydroxylation is 3. The first kappa shape index (κ1) is 37.3. The van der Waals surface area contributed by atoms with E-state index in [0.29, 0.717) is 78.5 Å².